The van der Waals surface area contributed by atoms with E-state index in [1.54, 1.807) is 6.92 Å². The fourth-order valence-corrected chi connectivity index (χ4v) is 3.64. The predicted octanol–water partition coefficient (Wildman–Crippen LogP) is -0.845. The lowest BCUT2D eigenvalue weighted by Gasteiger charge is -2.20. The van der Waals surface area contributed by atoms with E-state index in [0.717, 1.165) is 23.5 Å². The lowest BCUT2D eigenvalue weighted by molar-refractivity contribution is -0.127. The van der Waals surface area contributed by atoms with E-state index in [0.29, 0.717) is 0 Å². The molecule has 0 radical (unpaired) electrons. The number of fused-ring (bicyclic) bond motifs is 1. The van der Waals surface area contributed by atoms with E-state index in [1.165, 1.54) is 0 Å². The Morgan fingerprint density at radius 1 is 1.50 bits per heavy atom. The Bertz CT molecular complexity index is 365. The molecular formula is C8H14N2O3S. The summed E-state index contributed by atoms with van der Waals surface area (Å²) in [5, 5.41) is 3.17. The second-order valence-electron chi connectivity index (χ2n) is 4.02. The number of nitrogens with one attached hydrogen (secondary N) is 1. The minimum atomic E-state index is -3.40. The number of rotatable bonds is 1. The maximum absolute atomic E-state index is 11.7. The number of amides is 1. The van der Waals surface area contributed by atoms with E-state index in [2.05, 4.69) is 5.32 Å². The molecule has 0 spiro atoms. The topological polar surface area (TPSA) is 66.5 Å². The predicted molar refractivity (Wildman–Crippen MR) is 51.0 cm³/mol. The van der Waals surface area contributed by atoms with Crippen LogP contribution in [-0.2, 0) is 14.8 Å². The van der Waals surface area contributed by atoms with E-state index in [9.17, 15) is 13.2 Å². The number of carbonyl (C=O) groups is 1. The average Bonchev–Trinajstić information content (AvgIpc) is 2.55. The van der Waals surface area contributed by atoms with Crippen LogP contribution in [0.1, 0.15) is 13.3 Å². The van der Waals surface area contributed by atoms with Crippen molar-refractivity contribution >= 4 is 15.9 Å². The summed E-state index contributed by atoms with van der Waals surface area (Å²) in [4.78, 5) is 11.7. The van der Waals surface area contributed by atoms with E-state index >= 15 is 0 Å². The molecule has 0 aromatic heterocycles. The minimum absolute atomic E-state index is 0.0113. The first kappa shape index (κ1) is 9.92. The Hall–Kier alpha value is -0.620. The fraction of sp³-hybridized carbons (Fsp3) is 0.875. The molecule has 0 bridgehead atoms. The summed E-state index contributed by atoms with van der Waals surface area (Å²) in [5.41, 5.74) is 0. The summed E-state index contributed by atoms with van der Waals surface area (Å²) < 4.78 is 23.9. The molecule has 1 amide bonds. The van der Waals surface area contributed by atoms with Gasteiger partial charge in [0.1, 0.15) is 0 Å². The third-order valence-electron chi connectivity index (χ3n) is 3.04. The molecule has 2 heterocycles. The highest BCUT2D eigenvalue weighted by Gasteiger charge is 2.51. The number of nitrogens with zero attached hydrogens (tertiary/aromatic N) is 1. The molecule has 0 aliphatic carbocycles. The zero-order chi connectivity index (χ0) is 10.5. The average molecular weight is 218 g/mol. The number of hydrogen-bond donors (Lipinski definition) is 1. The molecule has 1 N–H and O–H groups in total. The van der Waals surface area contributed by atoms with E-state index < -0.39 is 10.0 Å². The Kier molecular flexibility index (Phi) is 2.08. The SMILES string of the molecule is CC1C(=O)N(S(C)(=O)=O)C2CCNC12. The van der Waals surface area contributed by atoms with Crippen molar-refractivity contribution in [2.75, 3.05) is 12.8 Å². The maximum atomic E-state index is 11.7. The first-order valence-corrected chi connectivity index (χ1v) is 6.54. The molecule has 2 aliphatic rings. The van der Waals surface area contributed by atoms with Gasteiger partial charge in [0.05, 0.1) is 18.2 Å². The van der Waals surface area contributed by atoms with E-state index in [4.69, 9.17) is 0 Å². The normalized spacial score (nSPS) is 37.7. The monoisotopic (exact) mass is 218 g/mol. The van der Waals surface area contributed by atoms with Gasteiger partial charge in [-0.25, -0.2) is 12.7 Å². The summed E-state index contributed by atoms with van der Waals surface area (Å²) in [7, 11) is -3.40. The van der Waals surface area contributed by atoms with Gasteiger partial charge in [0.2, 0.25) is 15.9 Å². The Morgan fingerprint density at radius 2 is 2.14 bits per heavy atom. The third kappa shape index (κ3) is 1.25. The lowest BCUT2D eigenvalue weighted by atomic mass is 10.0. The van der Waals surface area contributed by atoms with Gasteiger partial charge in [-0.15, -0.1) is 0 Å². The van der Waals surface area contributed by atoms with Crippen molar-refractivity contribution in [1.29, 1.82) is 0 Å². The van der Waals surface area contributed by atoms with E-state index in [1.807, 2.05) is 0 Å². The van der Waals surface area contributed by atoms with Crippen molar-refractivity contribution in [3.8, 4) is 0 Å². The maximum Gasteiger partial charge on any atom is 0.240 e. The van der Waals surface area contributed by atoms with Gasteiger partial charge in [0.25, 0.3) is 0 Å². The van der Waals surface area contributed by atoms with Gasteiger partial charge >= 0.3 is 0 Å². The summed E-state index contributed by atoms with van der Waals surface area (Å²) in [6.07, 6.45) is 1.83. The molecule has 2 saturated heterocycles. The molecule has 2 fully saturated rings. The van der Waals surface area contributed by atoms with Gasteiger partial charge in [0.15, 0.2) is 0 Å². The molecule has 6 heteroatoms. The van der Waals surface area contributed by atoms with Gasteiger partial charge in [-0.05, 0) is 13.0 Å². The van der Waals surface area contributed by atoms with Gasteiger partial charge in [0, 0.05) is 6.04 Å². The van der Waals surface area contributed by atoms with Crippen molar-refractivity contribution in [2.45, 2.75) is 25.4 Å². The van der Waals surface area contributed by atoms with Crippen molar-refractivity contribution in [3.63, 3.8) is 0 Å². The quantitative estimate of drug-likeness (QED) is 0.623. The number of sulfonamides is 1. The van der Waals surface area contributed by atoms with Crippen LogP contribution in [0, 0.1) is 5.92 Å². The van der Waals surface area contributed by atoms with Gasteiger partial charge in [-0.1, -0.05) is 6.92 Å². The molecular weight excluding hydrogens is 204 g/mol. The molecule has 3 unspecified atom stereocenters. The molecule has 2 aliphatic heterocycles. The summed E-state index contributed by atoms with van der Waals surface area (Å²) in [6, 6.07) is -0.148. The largest absolute Gasteiger partial charge is 0.311 e. The summed E-state index contributed by atoms with van der Waals surface area (Å²) in [6.45, 7) is 2.57. The molecule has 14 heavy (non-hydrogen) atoms. The Labute approximate surface area is 83.5 Å². The van der Waals surface area contributed by atoms with Gasteiger partial charge in [-0.3, -0.25) is 4.79 Å². The van der Waals surface area contributed by atoms with Crippen LogP contribution in [0.15, 0.2) is 0 Å². The molecule has 0 aromatic carbocycles. The second-order valence-corrected chi connectivity index (χ2v) is 5.88. The van der Waals surface area contributed by atoms with Crippen molar-refractivity contribution < 1.29 is 13.2 Å². The molecule has 3 atom stereocenters. The summed E-state index contributed by atoms with van der Waals surface area (Å²) in [5.74, 6) is -0.494. The second kappa shape index (κ2) is 2.93. The Balaban J connectivity index is 2.38. The van der Waals surface area contributed by atoms with Gasteiger partial charge < -0.3 is 5.32 Å². The molecule has 80 valence electrons. The standard InChI is InChI=1S/C8H14N2O3S/c1-5-7-6(3-4-9-7)10(8(5)11)14(2,12)13/h5-7,9H,3-4H2,1-2H3. The molecule has 0 aromatic rings. The zero-order valence-electron chi connectivity index (χ0n) is 8.23. The van der Waals surface area contributed by atoms with Crippen LogP contribution in [0.4, 0.5) is 0 Å². The highest BCUT2D eigenvalue weighted by atomic mass is 32.2. The first-order valence-electron chi connectivity index (χ1n) is 4.69. The van der Waals surface area contributed by atoms with Crippen molar-refractivity contribution in [2.24, 2.45) is 5.92 Å². The zero-order valence-corrected chi connectivity index (χ0v) is 9.04. The van der Waals surface area contributed by atoms with Gasteiger partial charge in [-0.2, -0.15) is 0 Å². The van der Waals surface area contributed by atoms with E-state index in [-0.39, 0.29) is 23.9 Å². The Morgan fingerprint density at radius 3 is 2.71 bits per heavy atom. The first-order chi connectivity index (χ1) is 6.43. The van der Waals surface area contributed by atoms with Crippen LogP contribution in [-0.4, -0.2) is 43.5 Å². The fourth-order valence-electron chi connectivity index (χ4n) is 2.41. The molecule has 2 rings (SSSR count). The van der Waals surface area contributed by atoms with Crippen LogP contribution >= 0.6 is 0 Å². The van der Waals surface area contributed by atoms with Crippen molar-refractivity contribution in [3.05, 3.63) is 0 Å². The van der Waals surface area contributed by atoms with Crippen LogP contribution in [0.5, 0.6) is 0 Å². The number of carbonyl (C=O) groups excluding carboxylic acids is 1. The highest BCUT2D eigenvalue weighted by Crippen LogP contribution is 2.32. The lowest BCUT2D eigenvalue weighted by Crippen LogP contribution is -2.39. The smallest absolute Gasteiger partial charge is 0.240 e. The van der Waals surface area contributed by atoms with Crippen LogP contribution < -0.4 is 5.32 Å². The van der Waals surface area contributed by atoms with Crippen LogP contribution in [0.2, 0.25) is 0 Å². The van der Waals surface area contributed by atoms with Crippen LogP contribution in [0.3, 0.4) is 0 Å². The van der Waals surface area contributed by atoms with Crippen LogP contribution in [0.25, 0.3) is 0 Å². The summed E-state index contributed by atoms with van der Waals surface area (Å²) >= 11 is 0. The molecule has 5 nitrogen and oxygen atoms in total. The number of hydrogen-bond acceptors (Lipinski definition) is 4. The molecule has 0 saturated carbocycles. The third-order valence-corrected chi connectivity index (χ3v) is 4.20. The highest BCUT2D eigenvalue weighted by molar-refractivity contribution is 7.88. The minimum Gasteiger partial charge on any atom is -0.311 e. The van der Waals surface area contributed by atoms with Crippen molar-refractivity contribution in [1.82, 2.24) is 9.62 Å².